The summed E-state index contributed by atoms with van der Waals surface area (Å²) in [6, 6.07) is 2.05. The summed E-state index contributed by atoms with van der Waals surface area (Å²) in [7, 11) is 0. The average molecular weight is 281 g/mol. The zero-order valence-electron chi connectivity index (χ0n) is 13.2. The number of nitrogens with zero attached hydrogens (tertiary/aromatic N) is 3. The van der Waals surface area contributed by atoms with E-state index in [4.69, 9.17) is 0 Å². The Kier molecular flexibility index (Phi) is 6.20. The molecule has 1 aromatic heterocycles. The SMILES string of the molecule is CCC(CC)n1nccc1C(=O)N(CC(C)O)C(C)C. The summed E-state index contributed by atoms with van der Waals surface area (Å²) >= 11 is 0. The quantitative estimate of drug-likeness (QED) is 0.835. The third-order valence-electron chi connectivity index (χ3n) is 3.52. The lowest BCUT2D eigenvalue weighted by Gasteiger charge is -2.29. The highest BCUT2D eigenvalue weighted by Crippen LogP contribution is 2.19. The lowest BCUT2D eigenvalue weighted by molar-refractivity contribution is 0.0563. The molecule has 1 rings (SSSR count). The minimum atomic E-state index is -0.536. The molecule has 0 aromatic carbocycles. The van der Waals surface area contributed by atoms with Crippen molar-refractivity contribution in [2.45, 2.75) is 65.6 Å². The van der Waals surface area contributed by atoms with Crippen LogP contribution < -0.4 is 0 Å². The summed E-state index contributed by atoms with van der Waals surface area (Å²) in [5.74, 6) is -0.0645. The van der Waals surface area contributed by atoms with Crippen LogP contribution in [0.25, 0.3) is 0 Å². The van der Waals surface area contributed by atoms with Crippen molar-refractivity contribution < 1.29 is 9.90 Å². The molecule has 0 fully saturated rings. The molecule has 5 nitrogen and oxygen atoms in total. The summed E-state index contributed by atoms with van der Waals surface area (Å²) in [5, 5.41) is 13.9. The van der Waals surface area contributed by atoms with Crippen molar-refractivity contribution in [1.29, 1.82) is 0 Å². The van der Waals surface area contributed by atoms with Gasteiger partial charge < -0.3 is 10.0 Å². The molecule has 0 bridgehead atoms. The Hall–Kier alpha value is -1.36. The molecule has 0 aliphatic heterocycles. The van der Waals surface area contributed by atoms with Gasteiger partial charge in [-0.15, -0.1) is 0 Å². The molecule has 0 spiro atoms. The van der Waals surface area contributed by atoms with Gasteiger partial charge in [-0.1, -0.05) is 13.8 Å². The van der Waals surface area contributed by atoms with Crippen LogP contribution in [0.3, 0.4) is 0 Å². The molecule has 1 N–H and O–H groups in total. The van der Waals surface area contributed by atoms with E-state index in [0.717, 1.165) is 12.8 Å². The third kappa shape index (κ3) is 3.82. The second kappa shape index (κ2) is 7.43. The second-order valence-corrected chi connectivity index (χ2v) is 5.53. The zero-order chi connectivity index (χ0) is 15.3. The van der Waals surface area contributed by atoms with Gasteiger partial charge in [0.05, 0.1) is 12.1 Å². The highest BCUT2D eigenvalue weighted by atomic mass is 16.3. The Bertz CT molecular complexity index is 423. The minimum absolute atomic E-state index is 0.0437. The van der Waals surface area contributed by atoms with E-state index < -0.39 is 6.10 Å². The Balaban J connectivity index is 3.04. The normalized spacial score (nSPS) is 13.0. The molecule has 1 heterocycles. The van der Waals surface area contributed by atoms with Gasteiger partial charge in [0.1, 0.15) is 5.69 Å². The predicted molar refractivity (Wildman–Crippen MR) is 79.7 cm³/mol. The van der Waals surface area contributed by atoms with Gasteiger partial charge in [-0.3, -0.25) is 9.48 Å². The topological polar surface area (TPSA) is 58.4 Å². The molecule has 114 valence electrons. The van der Waals surface area contributed by atoms with Crippen molar-refractivity contribution in [3.63, 3.8) is 0 Å². The van der Waals surface area contributed by atoms with Gasteiger partial charge in [0, 0.05) is 18.8 Å². The maximum absolute atomic E-state index is 12.7. The van der Waals surface area contributed by atoms with Gasteiger partial charge in [0.15, 0.2) is 0 Å². The minimum Gasteiger partial charge on any atom is -0.392 e. The predicted octanol–water partition coefficient (Wildman–Crippen LogP) is 2.48. The van der Waals surface area contributed by atoms with Crippen LogP contribution in [-0.4, -0.2) is 44.4 Å². The molecule has 1 atom stereocenters. The fourth-order valence-corrected chi connectivity index (χ4v) is 2.37. The van der Waals surface area contributed by atoms with E-state index in [2.05, 4.69) is 18.9 Å². The maximum atomic E-state index is 12.7. The van der Waals surface area contributed by atoms with Gasteiger partial charge in [-0.2, -0.15) is 5.10 Å². The number of carbonyl (C=O) groups excluding carboxylic acids is 1. The van der Waals surface area contributed by atoms with E-state index in [-0.39, 0.29) is 18.0 Å². The van der Waals surface area contributed by atoms with Crippen LogP contribution in [0.5, 0.6) is 0 Å². The van der Waals surface area contributed by atoms with Gasteiger partial charge in [-0.05, 0) is 39.7 Å². The Labute approximate surface area is 121 Å². The first-order valence-corrected chi connectivity index (χ1v) is 7.44. The Morgan fingerprint density at radius 2 is 1.95 bits per heavy atom. The monoisotopic (exact) mass is 281 g/mol. The molecular weight excluding hydrogens is 254 g/mol. The van der Waals surface area contributed by atoms with Crippen molar-refractivity contribution in [3.05, 3.63) is 18.0 Å². The molecule has 0 aliphatic rings. The van der Waals surface area contributed by atoms with Crippen molar-refractivity contribution in [1.82, 2.24) is 14.7 Å². The molecule has 0 saturated carbocycles. The number of aromatic nitrogens is 2. The Morgan fingerprint density at radius 3 is 2.40 bits per heavy atom. The summed E-state index contributed by atoms with van der Waals surface area (Å²) in [6.45, 7) is 10.1. The number of hydrogen-bond acceptors (Lipinski definition) is 3. The van der Waals surface area contributed by atoms with E-state index in [1.165, 1.54) is 0 Å². The average Bonchev–Trinajstić information content (AvgIpc) is 2.85. The molecule has 0 saturated heterocycles. The van der Waals surface area contributed by atoms with E-state index in [0.29, 0.717) is 12.2 Å². The standard InChI is InChI=1S/C15H27N3O2/c1-6-13(7-2)18-14(8-9-16-18)15(20)17(11(3)4)10-12(5)19/h8-9,11-13,19H,6-7,10H2,1-5H3. The van der Waals surface area contributed by atoms with Crippen LogP contribution in [0.1, 0.15) is 64.0 Å². The molecule has 0 aliphatic carbocycles. The van der Waals surface area contributed by atoms with Crippen LogP contribution in [0.2, 0.25) is 0 Å². The van der Waals surface area contributed by atoms with Crippen LogP contribution >= 0.6 is 0 Å². The first kappa shape index (κ1) is 16.7. The van der Waals surface area contributed by atoms with Crippen molar-refractivity contribution in [2.24, 2.45) is 0 Å². The third-order valence-corrected chi connectivity index (χ3v) is 3.52. The van der Waals surface area contributed by atoms with E-state index in [1.54, 1.807) is 24.1 Å². The van der Waals surface area contributed by atoms with E-state index in [9.17, 15) is 9.90 Å². The highest BCUT2D eigenvalue weighted by Gasteiger charge is 2.24. The molecule has 5 heteroatoms. The van der Waals surface area contributed by atoms with E-state index >= 15 is 0 Å². The number of amides is 1. The largest absolute Gasteiger partial charge is 0.392 e. The van der Waals surface area contributed by atoms with Crippen LogP contribution in [0.15, 0.2) is 12.3 Å². The number of carbonyl (C=O) groups is 1. The maximum Gasteiger partial charge on any atom is 0.272 e. The lowest BCUT2D eigenvalue weighted by atomic mass is 10.1. The van der Waals surface area contributed by atoms with Crippen LogP contribution in [-0.2, 0) is 0 Å². The van der Waals surface area contributed by atoms with Gasteiger partial charge in [0.25, 0.3) is 5.91 Å². The number of aliphatic hydroxyl groups excluding tert-OH is 1. The molecule has 1 amide bonds. The summed E-state index contributed by atoms with van der Waals surface area (Å²) < 4.78 is 1.82. The summed E-state index contributed by atoms with van der Waals surface area (Å²) in [4.78, 5) is 14.4. The number of rotatable bonds is 7. The lowest BCUT2D eigenvalue weighted by Crippen LogP contribution is -2.42. The Morgan fingerprint density at radius 1 is 1.35 bits per heavy atom. The summed E-state index contributed by atoms with van der Waals surface area (Å²) in [6.07, 6.45) is 3.02. The second-order valence-electron chi connectivity index (χ2n) is 5.53. The number of hydrogen-bond donors (Lipinski definition) is 1. The fraction of sp³-hybridized carbons (Fsp3) is 0.733. The first-order chi connectivity index (χ1) is 9.42. The fourth-order valence-electron chi connectivity index (χ4n) is 2.37. The van der Waals surface area contributed by atoms with Gasteiger partial charge >= 0.3 is 0 Å². The van der Waals surface area contributed by atoms with Gasteiger partial charge in [-0.25, -0.2) is 0 Å². The van der Waals surface area contributed by atoms with Gasteiger partial charge in [0.2, 0.25) is 0 Å². The smallest absolute Gasteiger partial charge is 0.272 e. The highest BCUT2D eigenvalue weighted by molar-refractivity contribution is 5.92. The molecule has 1 aromatic rings. The molecular formula is C15H27N3O2. The van der Waals surface area contributed by atoms with Crippen LogP contribution in [0.4, 0.5) is 0 Å². The van der Waals surface area contributed by atoms with Crippen molar-refractivity contribution >= 4 is 5.91 Å². The van der Waals surface area contributed by atoms with E-state index in [1.807, 2.05) is 18.5 Å². The molecule has 1 unspecified atom stereocenters. The van der Waals surface area contributed by atoms with Crippen LogP contribution in [0, 0.1) is 0 Å². The molecule has 0 radical (unpaired) electrons. The number of aliphatic hydroxyl groups is 1. The van der Waals surface area contributed by atoms with Crippen molar-refractivity contribution in [2.75, 3.05) is 6.54 Å². The first-order valence-electron chi connectivity index (χ1n) is 7.44. The zero-order valence-corrected chi connectivity index (χ0v) is 13.2. The summed E-state index contributed by atoms with van der Waals surface area (Å²) in [5.41, 5.74) is 0.605. The van der Waals surface area contributed by atoms with Crippen molar-refractivity contribution in [3.8, 4) is 0 Å². The molecule has 20 heavy (non-hydrogen) atoms.